The van der Waals surface area contributed by atoms with Gasteiger partial charge in [-0.15, -0.1) is 10.2 Å². The van der Waals surface area contributed by atoms with Gasteiger partial charge in [0, 0.05) is 44.3 Å². The van der Waals surface area contributed by atoms with E-state index in [9.17, 15) is 4.79 Å². The van der Waals surface area contributed by atoms with Crippen molar-refractivity contribution in [3.8, 4) is 0 Å². The van der Waals surface area contributed by atoms with Crippen molar-refractivity contribution in [3.63, 3.8) is 0 Å². The quantitative estimate of drug-likeness (QED) is 0.715. The molecule has 0 bridgehead atoms. The smallest absolute Gasteiger partial charge is 0.278 e. The summed E-state index contributed by atoms with van der Waals surface area (Å²) in [6, 6.07) is 7.81. The average molecular weight is 378 g/mol. The summed E-state index contributed by atoms with van der Waals surface area (Å²) in [5, 5.41) is 13.9. The number of anilines is 3. The third-order valence-electron chi connectivity index (χ3n) is 4.92. The van der Waals surface area contributed by atoms with E-state index >= 15 is 0 Å². The fraction of sp³-hybridized carbons (Fsp3) is 0.316. The van der Waals surface area contributed by atoms with Gasteiger partial charge in [-0.25, -0.2) is 9.97 Å². The van der Waals surface area contributed by atoms with E-state index in [4.69, 9.17) is 0 Å². The molecule has 1 aliphatic heterocycles. The second-order valence-corrected chi connectivity index (χ2v) is 6.77. The zero-order chi connectivity index (χ0) is 19.5. The normalized spacial score (nSPS) is 14.2. The molecule has 9 nitrogen and oxygen atoms in total. The number of benzene rings is 1. The summed E-state index contributed by atoms with van der Waals surface area (Å²) >= 11 is 0. The Hall–Kier alpha value is -3.49. The predicted molar refractivity (Wildman–Crippen MR) is 106 cm³/mol. The summed E-state index contributed by atoms with van der Waals surface area (Å²) < 4.78 is 0. The molecule has 0 atom stereocenters. The molecule has 28 heavy (non-hydrogen) atoms. The van der Waals surface area contributed by atoms with Crippen LogP contribution < -0.4 is 10.2 Å². The summed E-state index contributed by atoms with van der Waals surface area (Å²) in [5.41, 5.74) is 3.54. The van der Waals surface area contributed by atoms with Crippen LogP contribution >= 0.6 is 0 Å². The van der Waals surface area contributed by atoms with E-state index in [2.05, 4.69) is 42.5 Å². The Labute approximate surface area is 162 Å². The molecule has 1 saturated heterocycles. The Morgan fingerprint density at radius 3 is 2.50 bits per heavy atom. The molecule has 1 amide bonds. The van der Waals surface area contributed by atoms with Crippen LogP contribution in [0.4, 0.5) is 17.5 Å². The third kappa shape index (κ3) is 3.64. The van der Waals surface area contributed by atoms with E-state index in [0.717, 1.165) is 5.69 Å². The highest BCUT2D eigenvalue weighted by Crippen LogP contribution is 2.21. The summed E-state index contributed by atoms with van der Waals surface area (Å²) in [6.45, 7) is 6.61. The molecule has 0 radical (unpaired) electrons. The van der Waals surface area contributed by atoms with Crippen LogP contribution in [-0.2, 0) is 0 Å². The topological polar surface area (TPSA) is 103 Å². The Balaban J connectivity index is 1.43. The standard InChI is InChI=1S/C19H22N8O/c1-13-4-5-15(12-14(13)2)22-17-16(23-25-24-17)18(28)26-8-10-27(11-9-26)19-20-6-3-7-21-19/h3-7,12H,8-11H2,1-2H3,(H2,22,23,24,25). The molecule has 4 rings (SSSR count). The highest BCUT2D eigenvalue weighted by atomic mass is 16.2. The Morgan fingerprint density at radius 1 is 1.04 bits per heavy atom. The first-order valence-electron chi connectivity index (χ1n) is 9.18. The fourth-order valence-corrected chi connectivity index (χ4v) is 3.14. The number of hydrogen-bond acceptors (Lipinski definition) is 7. The van der Waals surface area contributed by atoms with Gasteiger partial charge in [-0.1, -0.05) is 6.07 Å². The first-order valence-corrected chi connectivity index (χ1v) is 9.18. The number of aromatic amines is 1. The number of carbonyl (C=O) groups excluding carboxylic acids is 1. The predicted octanol–water partition coefficient (Wildman–Crippen LogP) is 1.92. The van der Waals surface area contributed by atoms with Crippen LogP contribution in [-0.4, -0.2) is 62.4 Å². The van der Waals surface area contributed by atoms with Crippen molar-refractivity contribution in [1.82, 2.24) is 30.3 Å². The van der Waals surface area contributed by atoms with Crippen LogP contribution in [0.15, 0.2) is 36.7 Å². The Morgan fingerprint density at radius 2 is 1.79 bits per heavy atom. The molecule has 1 aromatic carbocycles. The lowest BCUT2D eigenvalue weighted by atomic mass is 10.1. The lowest BCUT2D eigenvalue weighted by Crippen LogP contribution is -2.49. The van der Waals surface area contributed by atoms with Crippen molar-refractivity contribution >= 4 is 23.4 Å². The largest absolute Gasteiger partial charge is 0.337 e. The van der Waals surface area contributed by atoms with Crippen LogP contribution in [0, 0.1) is 13.8 Å². The molecule has 2 N–H and O–H groups in total. The molecule has 3 heterocycles. The SMILES string of the molecule is Cc1ccc(Nc2n[nH]nc2C(=O)N2CCN(c3ncccn3)CC2)cc1C. The number of carbonyl (C=O) groups is 1. The van der Waals surface area contributed by atoms with Crippen molar-refractivity contribution in [2.45, 2.75) is 13.8 Å². The minimum Gasteiger partial charge on any atom is -0.337 e. The number of nitrogens with zero attached hydrogens (tertiary/aromatic N) is 6. The van der Waals surface area contributed by atoms with E-state index in [1.807, 2.05) is 25.1 Å². The van der Waals surface area contributed by atoms with Crippen LogP contribution in [0.5, 0.6) is 0 Å². The van der Waals surface area contributed by atoms with Gasteiger partial charge in [0.1, 0.15) is 0 Å². The summed E-state index contributed by atoms with van der Waals surface area (Å²) in [4.78, 5) is 25.3. The van der Waals surface area contributed by atoms with Crippen LogP contribution in [0.1, 0.15) is 21.6 Å². The minimum absolute atomic E-state index is 0.145. The first-order chi connectivity index (χ1) is 13.6. The highest BCUT2D eigenvalue weighted by molar-refractivity contribution is 5.97. The highest BCUT2D eigenvalue weighted by Gasteiger charge is 2.27. The molecule has 0 spiro atoms. The van der Waals surface area contributed by atoms with Gasteiger partial charge >= 0.3 is 0 Å². The van der Waals surface area contributed by atoms with Gasteiger partial charge in [0.15, 0.2) is 11.5 Å². The zero-order valence-corrected chi connectivity index (χ0v) is 15.9. The van der Waals surface area contributed by atoms with Crippen molar-refractivity contribution < 1.29 is 4.79 Å². The van der Waals surface area contributed by atoms with Crippen LogP contribution in [0.3, 0.4) is 0 Å². The van der Waals surface area contributed by atoms with E-state index in [1.54, 1.807) is 23.4 Å². The maximum atomic E-state index is 12.9. The molecule has 3 aromatic rings. The number of hydrogen-bond donors (Lipinski definition) is 2. The zero-order valence-electron chi connectivity index (χ0n) is 15.9. The van der Waals surface area contributed by atoms with E-state index in [1.165, 1.54) is 11.1 Å². The number of rotatable bonds is 4. The number of amides is 1. The third-order valence-corrected chi connectivity index (χ3v) is 4.92. The lowest BCUT2D eigenvalue weighted by Gasteiger charge is -2.34. The van der Waals surface area contributed by atoms with Gasteiger partial charge in [-0.05, 0) is 43.2 Å². The van der Waals surface area contributed by atoms with Gasteiger partial charge < -0.3 is 15.1 Å². The van der Waals surface area contributed by atoms with E-state index in [-0.39, 0.29) is 5.91 Å². The molecule has 2 aromatic heterocycles. The molecule has 0 unspecified atom stereocenters. The number of aryl methyl sites for hydroxylation is 2. The van der Waals surface area contributed by atoms with Gasteiger partial charge in [0.2, 0.25) is 5.95 Å². The van der Waals surface area contributed by atoms with Gasteiger partial charge in [0.25, 0.3) is 5.91 Å². The maximum Gasteiger partial charge on any atom is 0.278 e. The van der Waals surface area contributed by atoms with Crippen molar-refractivity contribution in [2.24, 2.45) is 0 Å². The molecular formula is C19H22N8O. The average Bonchev–Trinajstić information content (AvgIpc) is 3.19. The number of piperazine rings is 1. The number of aromatic nitrogens is 5. The van der Waals surface area contributed by atoms with Crippen LogP contribution in [0.25, 0.3) is 0 Å². The molecule has 9 heteroatoms. The Kier molecular flexibility index (Phi) is 4.88. The van der Waals surface area contributed by atoms with Crippen molar-refractivity contribution in [2.75, 3.05) is 36.4 Å². The van der Waals surface area contributed by atoms with Gasteiger partial charge in [-0.2, -0.15) is 5.21 Å². The summed E-state index contributed by atoms with van der Waals surface area (Å²) in [7, 11) is 0. The molecule has 1 fully saturated rings. The van der Waals surface area contributed by atoms with E-state index < -0.39 is 0 Å². The number of nitrogens with one attached hydrogen (secondary N) is 2. The molecular weight excluding hydrogens is 356 g/mol. The minimum atomic E-state index is -0.145. The molecule has 144 valence electrons. The van der Waals surface area contributed by atoms with Crippen molar-refractivity contribution in [1.29, 1.82) is 0 Å². The Bertz CT molecular complexity index is 963. The summed E-state index contributed by atoms with van der Waals surface area (Å²) in [6.07, 6.45) is 3.44. The van der Waals surface area contributed by atoms with Crippen LogP contribution in [0.2, 0.25) is 0 Å². The van der Waals surface area contributed by atoms with E-state index in [0.29, 0.717) is 43.6 Å². The second kappa shape index (κ2) is 7.63. The molecule has 1 aliphatic rings. The first kappa shape index (κ1) is 17.9. The lowest BCUT2D eigenvalue weighted by molar-refractivity contribution is 0.0741. The molecule has 0 saturated carbocycles. The summed E-state index contributed by atoms with van der Waals surface area (Å²) in [5.74, 6) is 0.976. The molecule has 0 aliphatic carbocycles. The van der Waals surface area contributed by atoms with Gasteiger partial charge in [0.05, 0.1) is 0 Å². The van der Waals surface area contributed by atoms with Crippen molar-refractivity contribution in [3.05, 3.63) is 53.5 Å². The van der Waals surface area contributed by atoms with Gasteiger partial charge in [-0.3, -0.25) is 4.79 Å². The number of H-pyrrole nitrogens is 1. The maximum absolute atomic E-state index is 12.9. The monoisotopic (exact) mass is 378 g/mol. The fourth-order valence-electron chi connectivity index (χ4n) is 3.14. The second-order valence-electron chi connectivity index (χ2n) is 6.77.